The summed E-state index contributed by atoms with van der Waals surface area (Å²) in [5.41, 5.74) is 3.77. The summed E-state index contributed by atoms with van der Waals surface area (Å²) >= 11 is 6.17. The minimum Gasteiger partial charge on any atom is -0.363 e. The zero-order valence-electron chi connectivity index (χ0n) is 19.1. The Kier molecular flexibility index (Phi) is 6.24. The number of amides is 2. The predicted molar refractivity (Wildman–Crippen MR) is 134 cm³/mol. The van der Waals surface area contributed by atoms with Crippen LogP contribution in [-0.2, 0) is 0 Å². The molecule has 0 spiro atoms. The standard InChI is InChI=1S/C27H27ClN4O2/c1-17-15-19(9-11-21(17)27(34)32-13-5-6-14-32)26(33)31-24(18-7-3-2-4-8-18)25-29-22-12-10-20(28)16-23(22)30-25/h2-4,7-11,15-16,22,24H,5-6,12-14H2,1H3,(H,29,30)(H,31,33)/t22?,24-/m0/s1. The average molecular weight is 475 g/mol. The van der Waals surface area contributed by atoms with Gasteiger partial charge in [-0.15, -0.1) is 0 Å². The van der Waals surface area contributed by atoms with E-state index in [-0.39, 0.29) is 17.9 Å². The molecule has 5 rings (SSSR count). The van der Waals surface area contributed by atoms with Crippen molar-refractivity contribution < 1.29 is 9.59 Å². The van der Waals surface area contributed by atoms with Crippen LogP contribution in [0.15, 0.2) is 76.4 Å². The molecule has 2 N–H and O–H groups in total. The molecule has 1 aliphatic carbocycles. The molecular formula is C27H27ClN4O2. The van der Waals surface area contributed by atoms with Crippen LogP contribution in [0, 0.1) is 6.92 Å². The van der Waals surface area contributed by atoms with Crippen molar-refractivity contribution in [3.63, 3.8) is 0 Å². The van der Waals surface area contributed by atoms with E-state index < -0.39 is 6.04 Å². The maximum Gasteiger partial charge on any atom is 0.254 e. The fourth-order valence-electron chi connectivity index (χ4n) is 4.70. The van der Waals surface area contributed by atoms with Gasteiger partial charge in [-0.3, -0.25) is 9.59 Å². The van der Waals surface area contributed by atoms with Gasteiger partial charge < -0.3 is 15.5 Å². The smallest absolute Gasteiger partial charge is 0.254 e. The molecule has 0 radical (unpaired) electrons. The molecule has 3 aliphatic rings. The molecule has 0 bridgehead atoms. The maximum atomic E-state index is 13.3. The van der Waals surface area contributed by atoms with Gasteiger partial charge in [0.2, 0.25) is 0 Å². The number of benzene rings is 2. The molecule has 0 aromatic heterocycles. The molecule has 34 heavy (non-hydrogen) atoms. The highest BCUT2D eigenvalue weighted by atomic mass is 35.5. The topological polar surface area (TPSA) is 73.8 Å². The largest absolute Gasteiger partial charge is 0.363 e. The second-order valence-corrected chi connectivity index (χ2v) is 9.37. The van der Waals surface area contributed by atoms with Crippen LogP contribution in [0.4, 0.5) is 0 Å². The number of fused-ring (bicyclic) bond motifs is 1. The predicted octanol–water partition coefficient (Wildman–Crippen LogP) is 4.48. The molecule has 1 saturated heterocycles. The summed E-state index contributed by atoms with van der Waals surface area (Å²) in [4.78, 5) is 32.8. The second kappa shape index (κ2) is 9.47. The Morgan fingerprint density at radius 1 is 1.15 bits per heavy atom. The Morgan fingerprint density at radius 3 is 2.65 bits per heavy atom. The van der Waals surface area contributed by atoms with Gasteiger partial charge in [0, 0.05) is 29.2 Å². The van der Waals surface area contributed by atoms with E-state index in [1.54, 1.807) is 18.2 Å². The summed E-state index contributed by atoms with van der Waals surface area (Å²) in [5.74, 6) is 0.506. The molecule has 2 aromatic rings. The molecule has 2 aromatic carbocycles. The van der Waals surface area contributed by atoms with E-state index >= 15 is 0 Å². The van der Waals surface area contributed by atoms with Gasteiger partial charge in [0.1, 0.15) is 11.9 Å². The fraction of sp³-hybridized carbons (Fsp3) is 0.296. The number of carbonyl (C=O) groups is 2. The number of likely N-dealkylation sites (tertiary alicyclic amines) is 1. The normalized spacial score (nSPS) is 20.0. The SMILES string of the molecule is Cc1cc(C(=O)N[C@H](C2=NC3=CC(Cl)=CCC3N2)c2ccccc2)ccc1C(=O)N1CCCC1. The summed E-state index contributed by atoms with van der Waals surface area (Å²) in [6, 6.07) is 14.7. The van der Waals surface area contributed by atoms with Gasteiger partial charge in [0.05, 0.1) is 11.7 Å². The molecule has 2 aliphatic heterocycles. The minimum absolute atomic E-state index is 0.0387. The van der Waals surface area contributed by atoms with E-state index in [1.807, 2.05) is 54.3 Å². The maximum absolute atomic E-state index is 13.3. The third-order valence-electron chi connectivity index (χ3n) is 6.56. The highest BCUT2D eigenvalue weighted by molar-refractivity contribution is 6.31. The number of allylic oxidation sites excluding steroid dienone is 2. The fourth-order valence-corrected chi connectivity index (χ4v) is 4.90. The van der Waals surface area contributed by atoms with E-state index in [2.05, 4.69) is 10.6 Å². The first-order valence-corrected chi connectivity index (χ1v) is 12.1. The van der Waals surface area contributed by atoms with Crippen molar-refractivity contribution in [3.05, 3.63) is 93.7 Å². The van der Waals surface area contributed by atoms with Crippen molar-refractivity contribution in [2.45, 2.75) is 38.3 Å². The second-order valence-electron chi connectivity index (χ2n) is 8.93. The first-order valence-electron chi connectivity index (χ1n) is 11.7. The van der Waals surface area contributed by atoms with Gasteiger partial charge in [-0.1, -0.05) is 48.0 Å². The molecule has 1 fully saturated rings. The number of amidine groups is 1. The molecule has 6 nitrogen and oxygen atoms in total. The lowest BCUT2D eigenvalue weighted by atomic mass is 10.0. The minimum atomic E-state index is -0.440. The number of carbonyl (C=O) groups excluding carboxylic acids is 2. The van der Waals surface area contributed by atoms with Crippen molar-refractivity contribution in [3.8, 4) is 0 Å². The molecule has 1 unspecified atom stereocenters. The number of aliphatic imine (C=N–C) groups is 1. The Bertz CT molecular complexity index is 1210. The van der Waals surface area contributed by atoms with Gasteiger partial charge in [-0.25, -0.2) is 4.99 Å². The van der Waals surface area contributed by atoms with Crippen molar-refractivity contribution in [1.29, 1.82) is 0 Å². The molecule has 2 atom stereocenters. The third kappa shape index (κ3) is 4.50. The number of aryl methyl sites for hydroxylation is 1. The number of hydrogen-bond donors (Lipinski definition) is 2. The van der Waals surface area contributed by atoms with E-state index in [9.17, 15) is 9.59 Å². The van der Waals surface area contributed by atoms with Crippen molar-refractivity contribution >= 4 is 29.3 Å². The van der Waals surface area contributed by atoms with Gasteiger partial charge in [-0.2, -0.15) is 0 Å². The molecule has 174 valence electrons. The van der Waals surface area contributed by atoms with Crippen LogP contribution in [0.25, 0.3) is 0 Å². The van der Waals surface area contributed by atoms with Crippen LogP contribution in [-0.4, -0.2) is 41.7 Å². The molecule has 2 heterocycles. The molecular weight excluding hydrogens is 448 g/mol. The number of nitrogens with one attached hydrogen (secondary N) is 2. The van der Waals surface area contributed by atoms with Crippen LogP contribution in [0.3, 0.4) is 0 Å². The Morgan fingerprint density at radius 2 is 1.91 bits per heavy atom. The monoisotopic (exact) mass is 474 g/mol. The van der Waals surface area contributed by atoms with Crippen LogP contribution < -0.4 is 10.6 Å². The highest BCUT2D eigenvalue weighted by Gasteiger charge is 2.31. The summed E-state index contributed by atoms with van der Waals surface area (Å²) in [7, 11) is 0. The Hall–Kier alpha value is -3.38. The molecule has 0 saturated carbocycles. The first-order chi connectivity index (χ1) is 16.5. The van der Waals surface area contributed by atoms with Gasteiger partial charge in [0.15, 0.2) is 0 Å². The number of halogens is 1. The number of hydrogen-bond acceptors (Lipinski definition) is 4. The summed E-state index contributed by atoms with van der Waals surface area (Å²) < 4.78 is 0. The number of rotatable bonds is 5. The van der Waals surface area contributed by atoms with Gasteiger partial charge >= 0.3 is 0 Å². The highest BCUT2D eigenvalue weighted by Crippen LogP contribution is 2.28. The van der Waals surface area contributed by atoms with E-state index in [0.717, 1.165) is 49.2 Å². The first kappa shape index (κ1) is 22.4. The zero-order valence-corrected chi connectivity index (χ0v) is 19.8. The van der Waals surface area contributed by atoms with Crippen molar-refractivity contribution in [1.82, 2.24) is 15.5 Å². The summed E-state index contributed by atoms with van der Waals surface area (Å²) in [6.45, 7) is 3.48. The number of nitrogens with zero attached hydrogens (tertiary/aromatic N) is 2. The molecule has 7 heteroatoms. The van der Waals surface area contributed by atoms with Crippen LogP contribution in [0.1, 0.15) is 57.1 Å². The third-order valence-corrected chi connectivity index (χ3v) is 6.82. The van der Waals surface area contributed by atoms with Gasteiger partial charge in [0.25, 0.3) is 11.8 Å². The van der Waals surface area contributed by atoms with Gasteiger partial charge in [-0.05, 0) is 61.6 Å². The van der Waals surface area contributed by atoms with Crippen molar-refractivity contribution in [2.24, 2.45) is 4.99 Å². The quantitative estimate of drug-likeness (QED) is 0.670. The zero-order chi connectivity index (χ0) is 23.7. The van der Waals surface area contributed by atoms with Crippen LogP contribution in [0.5, 0.6) is 0 Å². The van der Waals surface area contributed by atoms with E-state index in [4.69, 9.17) is 16.6 Å². The summed E-state index contributed by atoms with van der Waals surface area (Å²) in [5, 5.41) is 7.27. The Balaban J connectivity index is 1.39. The molecule has 2 amide bonds. The van der Waals surface area contributed by atoms with Crippen LogP contribution >= 0.6 is 11.6 Å². The summed E-state index contributed by atoms with van der Waals surface area (Å²) in [6.07, 6.45) is 6.66. The van der Waals surface area contributed by atoms with Crippen LogP contribution in [0.2, 0.25) is 0 Å². The van der Waals surface area contributed by atoms with E-state index in [0.29, 0.717) is 22.0 Å². The van der Waals surface area contributed by atoms with Crippen molar-refractivity contribution in [2.75, 3.05) is 13.1 Å². The lowest BCUT2D eigenvalue weighted by Crippen LogP contribution is -2.41. The average Bonchev–Trinajstić information content (AvgIpc) is 3.52. The Labute approximate surface area is 204 Å². The van der Waals surface area contributed by atoms with E-state index in [1.165, 1.54) is 0 Å². The lowest BCUT2D eigenvalue weighted by Gasteiger charge is -2.22. The lowest BCUT2D eigenvalue weighted by molar-refractivity contribution is 0.0791.